The van der Waals surface area contributed by atoms with E-state index in [4.69, 9.17) is 27.9 Å². The average molecular weight is 370 g/mol. The number of halogens is 3. The van der Waals surface area contributed by atoms with Crippen LogP contribution in [0.5, 0.6) is 5.75 Å². The van der Waals surface area contributed by atoms with Crippen molar-refractivity contribution in [1.29, 1.82) is 0 Å². The average Bonchev–Trinajstić information content (AvgIpc) is 2.52. The molecule has 0 bridgehead atoms. The van der Waals surface area contributed by atoms with Crippen LogP contribution >= 0.6 is 23.2 Å². The Bertz CT molecular complexity index is 656. The van der Waals surface area contributed by atoms with Gasteiger partial charge < -0.3 is 10.1 Å². The summed E-state index contributed by atoms with van der Waals surface area (Å²) in [4.78, 5) is 0. The van der Waals surface area contributed by atoms with Crippen molar-refractivity contribution in [2.45, 2.75) is 33.4 Å². The van der Waals surface area contributed by atoms with E-state index in [-0.39, 0.29) is 12.4 Å². The molecule has 0 aliphatic rings. The molecule has 2 aromatic carbocycles. The second-order valence-corrected chi connectivity index (χ2v) is 6.94. The highest BCUT2D eigenvalue weighted by Gasteiger charge is 2.10. The van der Waals surface area contributed by atoms with E-state index in [1.54, 1.807) is 24.3 Å². The molecular formula is C19H22Cl2FNO. The van der Waals surface area contributed by atoms with Gasteiger partial charge in [-0.3, -0.25) is 0 Å². The van der Waals surface area contributed by atoms with Crippen molar-refractivity contribution in [2.24, 2.45) is 5.92 Å². The lowest BCUT2D eigenvalue weighted by molar-refractivity contribution is 0.296. The van der Waals surface area contributed by atoms with E-state index >= 15 is 0 Å². The van der Waals surface area contributed by atoms with Crippen molar-refractivity contribution in [3.05, 3.63) is 63.4 Å². The van der Waals surface area contributed by atoms with Crippen LogP contribution in [0.4, 0.5) is 4.39 Å². The summed E-state index contributed by atoms with van der Waals surface area (Å²) >= 11 is 12.1. The second kappa shape index (κ2) is 9.26. The van der Waals surface area contributed by atoms with Gasteiger partial charge in [0.15, 0.2) is 0 Å². The Hall–Kier alpha value is -1.29. The Balaban J connectivity index is 2.04. The number of benzene rings is 2. The van der Waals surface area contributed by atoms with E-state index in [2.05, 4.69) is 19.2 Å². The largest absolute Gasteiger partial charge is 0.488 e. The summed E-state index contributed by atoms with van der Waals surface area (Å²) in [6.45, 7) is 6.02. The highest BCUT2D eigenvalue weighted by molar-refractivity contribution is 6.31. The Morgan fingerprint density at radius 2 is 1.96 bits per heavy atom. The Kier molecular flexibility index (Phi) is 7.35. The van der Waals surface area contributed by atoms with Crippen LogP contribution in [-0.4, -0.2) is 6.54 Å². The maximum absolute atomic E-state index is 13.8. The fraction of sp³-hybridized carbons (Fsp3) is 0.368. The van der Waals surface area contributed by atoms with Gasteiger partial charge in [-0.1, -0.05) is 43.1 Å². The highest BCUT2D eigenvalue weighted by atomic mass is 35.5. The van der Waals surface area contributed by atoms with Crippen molar-refractivity contribution in [3.63, 3.8) is 0 Å². The summed E-state index contributed by atoms with van der Waals surface area (Å²) in [6, 6.07) is 10.0. The molecule has 1 N–H and O–H groups in total. The third-order valence-corrected chi connectivity index (χ3v) is 4.26. The van der Waals surface area contributed by atoms with Gasteiger partial charge in [-0.05, 0) is 49.2 Å². The van der Waals surface area contributed by atoms with Crippen molar-refractivity contribution in [3.8, 4) is 5.75 Å². The SMILES string of the molecule is CC(C)CCNCc1cc(Cl)ccc1OCc1c(F)cccc1Cl. The van der Waals surface area contributed by atoms with Crippen LogP contribution in [0.2, 0.25) is 10.0 Å². The molecule has 0 aromatic heterocycles. The van der Waals surface area contributed by atoms with Crippen LogP contribution in [0.3, 0.4) is 0 Å². The molecule has 0 heterocycles. The zero-order valence-corrected chi connectivity index (χ0v) is 15.4. The van der Waals surface area contributed by atoms with Gasteiger partial charge in [-0.25, -0.2) is 4.39 Å². The summed E-state index contributed by atoms with van der Waals surface area (Å²) < 4.78 is 19.6. The summed E-state index contributed by atoms with van der Waals surface area (Å²) in [7, 11) is 0. The summed E-state index contributed by atoms with van der Waals surface area (Å²) in [5, 5.41) is 4.39. The van der Waals surface area contributed by atoms with E-state index in [9.17, 15) is 4.39 Å². The van der Waals surface area contributed by atoms with Crippen LogP contribution in [0.25, 0.3) is 0 Å². The minimum atomic E-state index is -0.368. The van der Waals surface area contributed by atoms with Crippen molar-refractivity contribution < 1.29 is 9.13 Å². The van der Waals surface area contributed by atoms with Crippen LogP contribution in [0, 0.1) is 11.7 Å². The van der Waals surface area contributed by atoms with E-state index in [0.29, 0.717) is 33.8 Å². The van der Waals surface area contributed by atoms with Crippen LogP contribution < -0.4 is 10.1 Å². The molecule has 24 heavy (non-hydrogen) atoms. The Labute approximate surface area is 152 Å². The summed E-state index contributed by atoms with van der Waals surface area (Å²) in [6.07, 6.45) is 1.10. The molecule has 2 aromatic rings. The predicted octanol–water partition coefficient (Wildman–Crippen LogP) is 5.85. The molecule has 0 spiro atoms. The molecule has 5 heteroatoms. The first-order chi connectivity index (χ1) is 11.5. The summed E-state index contributed by atoms with van der Waals surface area (Å²) in [5.74, 6) is 0.958. The smallest absolute Gasteiger partial charge is 0.131 e. The predicted molar refractivity (Wildman–Crippen MR) is 98.4 cm³/mol. The van der Waals surface area contributed by atoms with Gasteiger partial charge in [0.2, 0.25) is 0 Å². The van der Waals surface area contributed by atoms with Gasteiger partial charge in [0.1, 0.15) is 18.2 Å². The van der Waals surface area contributed by atoms with Crippen LogP contribution in [0.15, 0.2) is 36.4 Å². The third kappa shape index (κ3) is 5.66. The lowest BCUT2D eigenvalue weighted by atomic mass is 10.1. The van der Waals surface area contributed by atoms with Gasteiger partial charge in [-0.15, -0.1) is 0 Å². The number of ether oxygens (including phenoxy) is 1. The number of rotatable bonds is 8. The van der Waals surface area contributed by atoms with Gasteiger partial charge in [0.05, 0.1) is 5.02 Å². The molecule has 2 rings (SSSR count). The maximum atomic E-state index is 13.8. The Morgan fingerprint density at radius 1 is 1.17 bits per heavy atom. The fourth-order valence-electron chi connectivity index (χ4n) is 2.26. The standard InChI is InChI=1S/C19H22Cl2FNO/c1-13(2)8-9-23-11-14-10-15(20)6-7-19(14)24-12-16-17(21)4-3-5-18(16)22/h3-7,10,13,23H,8-9,11-12H2,1-2H3. The molecule has 0 radical (unpaired) electrons. The van der Waals surface area contributed by atoms with Gasteiger partial charge >= 0.3 is 0 Å². The molecule has 130 valence electrons. The quantitative estimate of drug-likeness (QED) is 0.589. The van der Waals surface area contributed by atoms with Crippen LogP contribution in [0.1, 0.15) is 31.4 Å². The minimum Gasteiger partial charge on any atom is -0.488 e. The van der Waals surface area contributed by atoms with Gasteiger partial charge in [0.25, 0.3) is 0 Å². The molecule has 0 unspecified atom stereocenters. The lowest BCUT2D eigenvalue weighted by Gasteiger charge is -2.14. The van der Waals surface area contributed by atoms with Crippen molar-refractivity contribution in [1.82, 2.24) is 5.32 Å². The fourth-order valence-corrected chi connectivity index (χ4v) is 2.67. The molecular weight excluding hydrogens is 348 g/mol. The minimum absolute atomic E-state index is 0.0755. The first-order valence-electron chi connectivity index (χ1n) is 8.02. The maximum Gasteiger partial charge on any atom is 0.131 e. The molecule has 0 saturated heterocycles. The first-order valence-corrected chi connectivity index (χ1v) is 8.77. The number of hydrogen-bond acceptors (Lipinski definition) is 2. The second-order valence-electron chi connectivity index (χ2n) is 6.10. The zero-order chi connectivity index (χ0) is 17.5. The normalized spacial score (nSPS) is 11.1. The van der Waals surface area contributed by atoms with Crippen LogP contribution in [-0.2, 0) is 13.2 Å². The first kappa shape index (κ1) is 19.0. The van der Waals surface area contributed by atoms with Gasteiger partial charge in [0, 0.05) is 22.7 Å². The van der Waals surface area contributed by atoms with Crippen molar-refractivity contribution >= 4 is 23.2 Å². The molecule has 0 atom stereocenters. The third-order valence-electron chi connectivity index (χ3n) is 3.67. The van der Waals surface area contributed by atoms with E-state index in [1.165, 1.54) is 6.07 Å². The Morgan fingerprint density at radius 3 is 2.67 bits per heavy atom. The number of hydrogen-bond donors (Lipinski definition) is 1. The van der Waals surface area contributed by atoms with E-state index in [0.717, 1.165) is 18.5 Å². The number of nitrogens with one attached hydrogen (secondary N) is 1. The van der Waals surface area contributed by atoms with E-state index < -0.39 is 0 Å². The van der Waals surface area contributed by atoms with E-state index in [1.807, 2.05) is 6.07 Å². The summed E-state index contributed by atoms with van der Waals surface area (Å²) in [5.41, 5.74) is 1.30. The molecule has 0 fully saturated rings. The molecule has 0 aliphatic carbocycles. The topological polar surface area (TPSA) is 21.3 Å². The zero-order valence-electron chi connectivity index (χ0n) is 13.9. The lowest BCUT2D eigenvalue weighted by Crippen LogP contribution is -2.17. The van der Waals surface area contributed by atoms with Crippen molar-refractivity contribution in [2.75, 3.05) is 6.54 Å². The monoisotopic (exact) mass is 369 g/mol. The molecule has 2 nitrogen and oxygen atoms in total. The molecule has 0 aliphatic heterocycles. The van der Waals surface area contributed by atoms with Gasteiger partial charge in [-0.2, -0.15) is 0 Å². The highest BCUT2D eigenvalue weighted by Crippen LogP contribution is 2.26. The molecule has 0 saturated carbocycles. The molecule has 0 amide bonds.